The third kappa shape index (κ3) is 4.26. The highest BCUT2D eigenvalue weighted by Crippen LogP contribution is 2.21. The van der Waals surface area contributed by atoms with Crippen LogP contribution in [0.5, 0.6) is 0 Å². The predicted molar refractivity (Wildman–Crippen MR) is 115 cm³/mol. The van der Waals surface area contributed by atoms with Gasteiger partial charge in [0.1, 0.15) is 6.04 Å². The van der Waals surface area contributed by atoms with E-state index in [0.29, 0.717) is 0 Å². The van der Waals surface area contributed by atoms with Crippen LogP contribution in [0.25, 0.3) is 10.8 Å². The summed E-state index contributed by atoms with van der Waals surface area (Å²) in [6, 6.07) is 22.0. The molecule has 5 heteroatoms. The van der Waals surface area contributed by atoms with Crippen LogP contribution in [0.15, 0.2) is 66.7 Å². The van der Waals surface area contributed by atoms with Gasteiger partial charge in [-0.25, -0.2) is 0 Å². The molecule has 3 aromatic rings. The lowest BCUT2D eigenvalue weighted by atomic mass is 10.1. The number of nitrogens with zero attached hydrogens (tertiary/aromatic N) is 1. The van der Waals surface area contributed by atoms with E-state index in [0.717, 1.165) is 48.8 Å². The number of fused-ring (bicyclic) bond motifs is 1. The number of amides is 1. The fourth-order valence-electron chi connectivity index (χ4n) is 3.42. The molecular formula is C23H25N3O2. The second-order valence-corrected chi connectivity index (χ2v) is 7.06. The lowest BCUT2D eigenvalue weighted by Crippen LogP contribution is -2.36. The summed E-state index contributed by atoms with van der Waals surface area (Å²) in [5.74, 6) is -0.0627. The van der Waals surface area contributed by atoms with Gasteiger partial charge in [-0.2, -0.15) is 0 Å². The van der Waals surface area contributed by atoms with Gasteiger partial charge in [-0.05, 0) is 54.1 Å². The van der Waals surface area contributed by atoms with Crippen molar-refractivity contribution in [3.8, 4) is 0 Å². The Balaban J connectivity index is 1.36. The minimum Gasteiger partial charge on any atom is -0.378 e. The molecule has 144 valence electrons. The van der Waals surface area contributed by atoms with Gasteiger partial charge in [0.15, 0.2) is 0 Å². The van der Waals surface area contributed by atoms with E-state index in [2.05, 4.69) is 39.8 Å². The molecule has 4 rings (SSSR count). The molecule has 0 radical (unpaired) electrons. The first kappa shape index (κ1) is 18.3. The van der Waals surface area contributed by atoms with Gasteiger partial charge in [-0.3, -0.25) is 4.79 Å². The molecule has 0 bridgehead atoms. The normalized spacial score (nSPS) is 15.2. The smallest absolute Gasteiger partial charge is 0.246 e. The minimum atomic E-state index is -0.347. The zero-order chi connectivity index (χ0) is 19.3. The fraction of sp³-hybridized carbons (Fsp3) is 0.261. The summed E-state index contributed by atoms with van der Waals surface area (Å²) < 4.78 is 5.39. The number of nitrogens with one attached hydrogen (secondary N) is 2. The Morgan fingerprint density at radius 2 is 1.61 bits per heavy atom. The van der Waals surface area contributed by atoms with Crippen molar-refractivity contribution in [1.29, 1.82) is 0 Å². The second kappa shape index (κ2) is 8.31. The average Bonchev–Trinajstić information content (AvgIpc) is 2.75. The first-order valence-electron chi connectivity index (χ1n) is 9.68. The van der Waals surface area contributed by atoms with Crippen LogP contribution in [0.3, 0.4) is 0 Å². The topological polar surface area (TPSA) is 53.6 Å². The highest BCUT2D eigenvalue weighted by Gasteiger charge is 2.14. The van der Waals surface area contributed by atoms with E-state index in [4.69, 9.17) is 4.74 Å². The maximum Gasteiger partial charge on any atom is 0.246 e. The van der Waals surface area contributed by atoms with Crippen LogP contribution in [0.4, 0.5) is 17.1 Å². The standard InChI is InChI=1S/C23H25N3O2/c1-17(24-21-7-6-18-4-2-3-5-19(18)16-21)23(27)25-20-8-10-22(11-9-20)26-12-14-28-15-13-26/h2-11,16-17,24H,12-15H2,1H3,(H,25,27)/t17-/m1/s1. The van der Waals surface area contributed by atoms with Crippen LogP contribution < -0.4 is 15.5 Å². The summed E-state index contributed by atoms with van der Waals surface area (Å²) in [5.41, 5.74) is 2.89. The Bertz CT molecular complexity index is 949. The molecule has 1 aliphatic rings. The number of hydrogen-bond donors (Lipinski definition) is 2. The molecule has 0 unspecified atom stereocenters. The maximum absolute atomic E-state index is 12.6. The van der Waals surface area contributed by atoms with E-state index >= 15 is 0 Å². The Morgan fingerprint density at radius 3 is 2.36 bits per heavy atom. The SMILES string of the molecule is C[C@@H](Nc1ccc2ccccc2c1)C(=O)Nc1ccc(N2CCOCC2)cc1. The number of rotatable bonds is 5. The van der Waals surface area contributed by atoms with Gasteiger partial charge < -0.3 is 20.3 Å². The third-order valence-electron chi connectivity index (χ3n) is 5.04. The molecule has 3 aromatic carbocycles. The first-order valence-corrected chi connectivity index (χ1v) is 9.68. The highest BCUT2D eigenvalue weighted by molar-refractivity contribution is 5.97. The molecule has 1 atom stereocenters. The fourth-order valence-corrected chi connectivity index (χ4v) is 3.42. The maximum atomic E-state index is 12.6. The van der Waals surface area contributed by atoms with E-state index in [-0.39, 0.29) is 11.9 Å². The van der Waals surface area contributed by atoms with Crippen molar-refractivity contribution in [2.45, 2.75) is 13.0 Å². The summed E-state index contributed by atoms with van der Waals surface area (Å²) in [6.07, 6.45) is 0. The van der Waals surface area contributed by atoms with Crippen molar-refractivity contribution < 1.29 is 9.53 Å². The zero-order valence-electron chi connectivity index (χ0n) is 16.0. The third-order valence-corrected chi connectivity index (χ3v) is 5.04. The molecule has 1 saturated heterocycles. The van der Waals surface area contributed by atoms with Gasteiger partial charge in [0.2, 0.25) is 5.91 Å². The van der Waals surface area contributed by atoms with Gasteiger partial charge in [0, 0.05) is 30.2 Å². The van der Waals surface area contributed by atoms with Crippen molar-refractivity contribution in [2.24, 2.45) is 0 Å². The molecule has 1 heterocycles. The molecule has 0 aliphatic carbocycles. The minimum absolute atomic E-state index is 0.0627. The molecular weight excluding hydrogens is 350 g/mol. The van der Waals surface area contributed by atoms with Crippen LogP contribution in [0.2, 0.25) is 0 Å². The van der Waals surface area contributed by atoms with Crippen LogP contribution in [-0.4, -0.2) is 38.3 Å². The Kier molecular flexibility index (Phi) is 5.44. The van der Waals surface area contributed by atoms with E-state index in [1.165, 1.54) is 5.39 Å². The quantitative estimate of drug-likeness (QED) is 0.704. The zero-order valence-corrected chi connectivity index (χ0v) is 16.0. The number of carbonyl (C=O) groups is 1. The number of carbonyl (C=O) groups excluding carboxylic acids is 1. The molecule has 1 fully saturated rings. The van der Waals surface area contributed by atoms with Crippen LogP contribution in [-0.2, 0) is 9.53 Å². The first-order chi connectivity index (χ1) is 13.7. The van der Waals surface area contributed by atoms with Gasteiger partial charge >= 0.3 is 0 Å². The number of benzene rings is 3. The number of ether oxygens (including phenoxy) is 1. The van der Waals surface area contributed by atoms with Crippen molar-refractivity contribution >= 4 is 33.7 Å². The van der Waals surface area contributed by atoms with Crippen LogP contribution in [0.1, 0.15) is 6.92 Å². The van der Waals surface area contributed by atoms with Crippen molar-refractivity contribution in [1.82, 2.24) is 0 Å². The Hall–Kier alpha value is -3.05. The van der Waals surface area contributed by atoms with Crippen molar-refractivity contribution in [3.05, 3.63) is 66.7 Å². The summed E-state index contributed by atoms with van der Waals surface area (Å²) in [7, 11) is 0. The summed E-state index contributed by atoms with van der Waals surface area (Å²) in [4.78, 5) is 14.9. The summed E-state index contributed by atoms with van der Waals surface area (Å²) in [6.45, 7) is 5.19. The molecule has 0 spiro atoms. The largest absolute Gasteiger partial charge is 0.378 e. The highest BCUT2D eigenvalue weighted by atomic mass is 16.5. The van der Waals surface area contributed by atoms with E-state index < -0.39 is 0 Å². The molecule has 0 aromatic heterocycles. The molecule has 5 nitrogen and oxygen atoms in total. The summed E-state index contributed by atoms with van der Waals surface area (Å²) >= 11 is 0. The van der Waals surface area contributed by atoms with E-state index in [1.54, 1.807) is 0 Å². The van der Waals surface area contributed by atoms with Gasteiger partial charge in [-0.1, -0.05) is 30.3 Å². The van der Waals surface area contributed by atoms with Crippen LogP contribution in [0, 0.1) is 0 Å². The Labute approximate surface area is 165 Å². The van der Waals surface area contributed by atoms with E-state index in [1.807, 2.05) is 49.4 Å². The number of hydrogen-bond acceptors (Lipinski definition) is 4. The summed E-state index contributed by atoms with van der Waals surface area (Å²) in [5, 5.41) is 8.60. The van der Waals surface area contributed by atoms with Crippen LogP contribution >= 0.6 is 0 Å². The Morgan fingerprint density at radius 1 is 0.929 bits per heavy atom. The lowest BCUT2D eigenvalue weighted by molar-refractivity contribution is -0.116. The van der Waals surface area contributed by atoms with E-state index in [9.17, 15) is 4.79 Å². The molecule has 2 N–H and O–H groups in total. The van der Waals surface area contributed by atoms with Gasteiger partial charge in [0.05, 0.1) is 13.2 Å². The predicted octanol–water partition coefficient (Wildman–Crippen LogP) is 4.12. The second-order valence-electron chi connectivity index (χ2n) is 7.06. The van der Waals surface area contributed by atoms with Gasteiger partial charge in [0.25, 0.3) is 0 Å². The molecule has 0 saturated carbocycles. The number of anilines is 3. The molecule has 1 aliphatic heterocycles. The average molecular weight is 375 g/mol. The molecule has 1 amide bonds. The lowest BCUT2D eigenvalue weighted by Gasteiger charge is -2.29. The van der Waals surface area contributed by atoms with Crippen molar-refractivity contribution in [2.75, 3.05) is 41.8 Å². The molecule has 28 heavy (non-hydrogen) atoms. The monoisotopic (exact) mass is 375 g/mol. The van der Waals surface area contributed by atoms with Crippen molar-refractivity contribution in [3.63, 3.8) is 0 Å². The van der Waals surface area contributed by atoms with Gasteiger partial charge in [-0.15, -0.1) is 0 Å². The number of morpholine rings is 1.